The second-order valence-electron chi connectivity index (χ2n) is 4.13. The third-order valence-electron chi connectivity index (χ3n) is 2.56. The molecular formula is C15H9Br2Cl2NO. The van der Waals surface area contributed by atoms with Crippen LogP contribution in [-0.4, -0.2) is 5.91 Å². The Morgan fingerprint density at radius 1 is 1.00 bits per heavy atom. The first-order valence-electron chi connectivity index (χ1n) is 5.85. The van der Waals surface area contributed by atoms with Crippen molar-refractivity contribution in [3.05, 3.63) is 67.0 Å². The molecule has 108 valence electrons. The van der Waals surface area contributed by atoms with Gasteiger partial charge in [0.2, 0.25) is 5.91 Å². The molecule has 0 bridgehead atoms. The van der Waals surface area contributed by atoms with Gasteiger partial charge >= 0.3 is 0 Å². The van der Waals surface area contributed by atoms with Gasteiger partial charge in [0, 0.05) is 20.7 Å². The Morgan fingerprint density at radius 2 is 1.76 bits per heavy atom. The number of anilines is 1. The molecular weight excluding hydrogens is 441 g/mol. The molecule has 0 aromatic heterocycles. The Balaban J connectivity index is 2.05. The predicted molar refractivity (Wildman–Crippen MR) is 96.0 cm³/mol. The van der Waals surface area contributed by atoms with Crippen LogP contribution >= 0.6 is 55.1 Å². The highest BCUT2D eigenvalue weighted by Gasteiger charge is 2.02. The van der Waals surface area contributed by atoms with E-state index in [4.69, 9.17) is 23.2 Å². The number of nitrogens with one attached hydrogen (secondary N) is 1. The number of carbonyl (C=O) groups is 1. The van der Waals surface area contributed by atoms with Gasteiger partial charge in [0.15, 0.2) is 0 Å². The minimum Gasteiger partial charge on any atom is -0.322 e. The lowest BCUT2D eigenvalue weighted by atomic mass is 10.2. The summed E-state index contributed by atoms with van der Waals surface area (Å²) in [6.07, 6.45) is 3.11. The van der Waals surface area contributed by atoms with Crippen LogP contribution in [0.3, 0.4) is 0 Å². The topological polar surface area (TPSA) is 29.1 Å². The molecule has 0 fully saturated rings. The number of hydrogen-bond donors (Lipinski definition) is 1. The van der Waals surface area contributed by atoms with Crippen LogP contribution in [0.25, 0.3) is 6.08 Å². The molecule has 0 aliphatic rings. The van der Waals surface area contributed by atoms with Crippen molar-refractivity contribution < 1.29 is 4.79 Å². The monoisotopic (exact) mass is 447 g/mol. The summed E-state index contributed by atoms with van der Waals surface area (Å²) in [6.45, 7) is 0. The Hall–Kier alpha value is -0.810. The van der Waals surface area contributed by atoms with Crippen LogP contribution in [0.4, 0.5) is 5.69 Å². The standard InChI is InChI=1S/C15H9Br2Cl2NO/c16-11-4-3-10(8-12(11)17)20-15(21)6-2-9-1-5-13(18)14(19)7-9/h1-8H,(H,20,21). The van der Waals surface area contributed by atoms with E-state index in [1.54, 1.807) is 30.3 Å². The summed E-state index contributed by atoms with van der Waals surface area (Å²) in [5.74, 6) is -0.227. The molecule has 21 heavy (non-hydrogen) atoms. The maximum atomic E-state index is 11.8. The summed E-state index contributed by atoms with van der Waals surface area (Å²) >= 11 is 18.5. The number of halogens is 4. The van der Waals surface area contributed by atoms with E-state index in [2.05, 4.69) is 37.2 Å². The first kappa shape index (κ1) is 16.6. The molecule has 2 aromatic rings. The van der Waals surface area contributed by atoms with Crippen LogP contribution in [0.15, 0.2) is 51.4 Å². The number of carbonyl (C=O) groups excluding carboxylic acids is 1. The SMILES string of the molecule is O=C(C=Cc1ccc(Cl)c(Cl)c1)Nc1ccc(Br)c(Br)c1. The first-order valence-corrected chi connectivity index (χ1v) is 8.19. The molecule has 0 aliphatic heterocycles. The fraction of sp³-hybridized carbons (Fsp3) is 0. The van der Waals surface area contributed by atoms with E-state index in [1.165, 1.54) is 6.08 Å². The maximum absolute atomic E-state index is 11.8. The van der Waals surface area contributed by atoms with Crippen molar-refractivity contribution in [1.82, 2.24) is 0 Å². The van der Waals surface area contributed by atoms with Crippen molar-refractivity contribution in [2.24, 2.45) is 0 Å². The third-order valence-corrected chi connectivity index (χ3v) is 5.18. The average Bonchev–Trinajstić information content (AvgIpc) is 2.44. The average molecular weight is 450 g/mol. The van der Waals surface area contributed by atoms with E-state index >= 15 is 0 Å². The van der Waals surface area contributed by atoms with Gasteiger partial charge in [-0.2, -0.15) is 0 Å². The van der Waals surface area contributed by atoms with Crippen LogP contribution in [0.5, 0.6) is 0 Å². The molecule has 0 aliphatic carbocycles. The molecule has 1 N–H and O–H groups in total. The van der Waals surface area contributed by atoms with Crippen LogP contribution in [0, 0.1) is 0 Å². The molecule has 0 atom stereocenters. The third kappa shape index (κ3) is 4.85. The Bertz CT molecular complexity index is 717. The summed E-state index contributed by atoms with van der Waals surface area (Å²) in [4.78, 5) is 11.8. The van der Waals surface area contributed by atoms with Gasteiger partial charge in [0.05, 0.1) is 10.0 Å². The molecule has 0 spiro atoms. The largest absolute Gasteiger partial charge is 0.322 e. The maximum Gasteiger partial charge on any atom is 0.248 e. The molecule has 0 saturated carbocycles. The van der Waals surface area contributed by atoms with Crippen molar-refractivity contribution in [2.45, 2.75) is 0 Å². The smallest absolute Gasteiger partial charge is 0.248 e. The second kappa shape index (κ2) is 7.45. The molecule has 0 heterocycles. The van der Waals surface area contributed by atoms with Crippen molar-refractivity contribution in [2.75, 3.05) is 5.32 Å². The van der Waals surface area contributed by atoms with Gasteiger partial charge in [-0.25, -0.2) is 0 Å². The minimum atomic E-state index is -0.227. The number of rotatable bonds is 3. The van der Waals surface area contributed by atoms with Crippen LogP contribution in [0.1, 0.15) is 5.56 Å². The highest BCUT2D eigenvalue weighted by Crippen LogP contribution is 2.26. The van der Waals surface area contributed by atoms with E-state index in [-0.39, 0.29) is 5.91 Å². The molecule has 0 saturated heterocycles. The summed E-state index contributed by atoms with van der Waals surface area (Å²) in [5, 5.41) is 3.71. The zero-order valence-electron chi connectivity index (χ0n) is 10.5. The first-order chi connectivity index (χ1) is 9.95. The van der Waals surface area contributed by atoms with Gasteiger partial charge in [0.1, 0.15) is 0 Å². The molecule has 6 heteroatoms. The Labute approximate surface area is 149 Å². The Kier molecular flexibility index (Phi) is 5.88. The summed E-state index contributed by atoms with van der Waals surface area (Å²) in [7, 11) is 0. The summed E-state index contributed by atoms with van der Waals surface area (Å²) in [6, 6.07) is 10.6. The normalized spacial score (nSPS) is 10.9. The van der Waals surface area contributed by atoms with Gasteiger partial charge < -0.3 is 5.32 Å². The highest BCUT2D eigenvalue weighted by molar-refractivity contribution is 9.13. The van der Waals surface area contributed by atoms with Gasteiger partial charge in [-0.1, -0.05) is 29.3 Å². The summed E-state index contributed by atoms with van der Waals surface area (Å²) in [5.41, 5.74) is 1.51. The van der Waals surface area contributed by atoms with Crippen molar-refractivity contribution in [3.8, 4) is 0 Å². The molecule has 2 rings (SSSR count). The molecule has 0 unspecified atom stereocenters. The van der Waals surface area contributed by atoms with Crippen LogP contribution in [-0.2, 0) is 4.79 Å². The lowest BCUT2D eigenvalue weighted by Crippen LogP contribution is -2.07. The molecule has 2 nitrogen and oxygen atoms in total. The Morgan fingerprint density at radius 3 is 2.43 bits per heavy atom. The van der Waals surface area contributed by atoms with E-state index in [0.29, 0.717) is 15.7 Å². The second-order valence-corrected chi connectivity index (χ2v) is 6.65. The van der Waals surface area contributed by atoms with E-state index in [0.717, 1.165) is 14.5 Å². The van der Waals surface area contributed by atoms with Crippen LogP contribution in [0.2, 0.25) is 10.0 Å². The van der Waals surface area contributed by atoms with Crippen molar-refractivity contribution in [3.63, 3.8) is 0 Å². The number of hydrogen-bond acceptors (Lipinski definition) is 1. The summed E-state index contributed by atoms with van der Waals surface area (Å²) < 4.78 is 1.79. The number of benzene rings is 2. The van der Waals surface area contributed by atoms with E-state index in [1.807, 2.05) is 12.1 Å². The van der Waals surface area contributed by atoms with Crippen LogP contribution < -0.4 is 5.32 Å². The predicted octanol–water partition coefficient (Wildman–Crippen LogP) is 6.17. The van der Waals surface area contributed by atoms with Crippen molar-refractivity contribution >= 4 is 72.7 Å². The van der Waals surface area contributed by atoms with Gasteiger partial charge in [0.25, 0.3) is 0 Å². The lowest BCUT2D eigenvalue weighted by molar-refractivity contribution is -0.111. The fourth-order valence-electron chi connectivity index (χ4n) is 1.55. The number of amides is 1. The van der Waals surface area contributed by atoms with Gasteiger partial charge in [-0.05, 0) is 73.8 Å². The quantitative estimate of drug-likeness (QED) is 0.558. The molecule has 2 aromatic carbocycles. The lowest BCUT2D eigenvalue weighted by Gasteiger charge is -2.04. The molecule has 1 amide bonds. The van der Waals surface area contributed by atoms with E-state index in [9.17, 15) is 4.79 Å². The minimum absolute atomic E-state index is 0.227. The van der Waals surface area contributed by atoms with Gasteiger partial charge in [-0.15, -0.1) is 0 Å². The van der Waals surface area contributed by atoms with E-state index < -0.39 is 0 Å². The van der Waals surface area contributed by atoms with Gasteiger partial charge in [-0.3, -0.25) is 4.79 Å². The zero-order valence-corrected chi connectivity index (χ0v) is 15.2. The highest BCUT2D eigenvalue weighted by atomic mass is 79.9. The fourth-order valence-corrected chi connectivity index (χ4v) is 2.48. The van der Waals surface area contributed by atoms with Crippen molar-refractivity contribution in [1.29, 1.82) is 0 Å². The zero-order chi connectivity index (χ0) is 15.4. The molecule has 0 radical (unpaired) electrons.